The van der Waals surface area contributed by atoms with E-state index in [2.05, 4.69) is 15.6 Å². The zero-order valence-electron chi connectivity index (χ0n) is 13.3. The summed E-state index contributed by atoms with van der Waals surface area (Å²) in [6, 6.07) is 16.6. The smallest absolute Gasteiger partial charge is 0.321 e. The largest absolute Gasteiger partial charge is 0.333 e. The Kier molecular flexibility index (Phi) is 4.07. The van der Waals surface area contributed by atoms with Crippen molar-refractivity contribution in [2.75, 3.05) is 16.8 Å². The van der Waals surface area contributed by atoms with Crippen molar-refractivity contribution in [3.05, 3.63) is 54.6 Å². The molecule has 1 aromatic heterocycles. The van der Waals surface area contributed by atoms with Crippen molar-refractivity contribution in [1.82, 2.24) is 10.3 Å². The van der Waals surface area contributed by atoms with E-state index < -0.39 is 0 Å². The standard InChI is InChI=1S/C18H16N4O2S/c23-16-10-12(11-22(16)13-6-2-1-3-7-13)19-17(24)21-18-20-14-8-4-5-9-15(14)25-18/h1-9,12H,10-11H2,(H2,19,20,21,24)/t12-/m1/s1. The molecule has 0 spiro atoms. The summed E-state index contributed by atoms with van der Waals surface area (Å²) < 4.78 is 1.02. The molecule has 3 aromatic rings. The second-order valence-corrected chi connectivity index (χ2v) is 6.86. The molecule has 0 saturated carbocycles. The third-order valence-corrected chi connectivity index (χ3v) is 4.99. The number of carbonyl (C=O) groups is 2. The molecule has 6 nitrogen and oxygen atoms in total. The van der Waals surface area contributed by atoms with Crippen molar-refractivity contribution >= 4 is 44.3 Å². The van der Waals surface area contributed by atoms with Gasteiger partial charge >= 0.3 is 6.03 Å². The fraction of sp³-hybridized carbons (Fsp3) is 0.167. The number of aromatic nitrogens is 1. The second kappa shape index (κ2) is 6.52. The van der Waals surface area contributed by atoms with Crippen LogP contribution in [0.5, 0.6) is 0 Å². The van der Waals surface area contributed by atoms with Crippen LogP contribution in [0.2, 0.25) is 0 Å². The Morgan fingerprint density at radius 1 is 1.12 bits per heavy atom. The van der Waals surface area contributed by atoms with Crippen LogP contribution in [0.3, 0.4) is 0 Å². The van der Waals surface area contributed by atoms with Crippen LogP contribution in [0.25, 0.3) is 10.2 Å². The van der Waals surface area contributed by atoms with Crippen LogP contribution in [0.1, 0.15) is 6.42 Å². The minimum absolute atomic E-state index is 0.0106. The fourth-order valence-electron chi connectivity index (χ4n) is 2.91. The van der Waals surface area contributed by atoms with Gasteiger partial charge in [0, 0.05) is 18.7 Å². The number of thiazole rings is 1. The first-order valence-corrected chi connectivity index (χ1v) is 8.79. The average Bonchev–Trinajstić information content (AvgIpc) is 3.18. The minimum Gasteiger partial charge on any atom is -0.333 e. The predicted octanol–water partition coefficient (Wildman–Crippen LogP) is 3.22. The van der Waals surface area contributed by atoms with E-state index in [1.807, 2.05) is 54.6 Å². The molecule has 0 unspecified atom stereocenters. The molecule has 2 N–H and O–H groups in total. The highest BCUT2D eigenvalue weighted by molar-refractivity contribution is 7.22. The number of amides is 3. The Morgan fingerprint density at radius 3 is 2.68 bits per heavy atom. The number of benzene rings is 2. The number of nitrogens with zero attached hydrogens (tertiary/aromatic N) is 2. The molecule has 2 aromatic carbocycles. The Balaban J connectivity index is 1.39. The summed E-state index contributed by atoms with van der Waals surface area (Å²) in [6.45, 7) is 0.468. The van der Waals surface area contributed by atoms with E-state index in [0.29, 0.717) is 18.1 Å². The van der Waals surface area contributed by atoms with E-state index in [1.54, 1.807) is 4.90 Å². The number of fused-ring (bicyclic) bond motifs is 1. The molecule has 4 rings (SSSR count). The van der Waals surface area contributed by atoms with Crippen LogP contribution in [-0.4, -0.2) is 29.5 Å². The number of hydrogen-bond acceptors (Lipinski definition) is 4. The summed E-state index contributed by atoms with van der Waals surface area (Å²) in [6.07, 6.45) is 0.294. The van der Waals surface area contributed by atoms with Crippen LogP contribution in [0.15, 0.2) is 54.6 Å². The molecule has 3 amide bonds. The summed E-state index contributed by atoms with van der Waals surface area (Å²) in [5.41, 5.74) is 1.71. The van der Waals surface area contributed by atoms with E-state index in [9.17, 15) is 9.59 Å². The summed E-state index contributed by atoms with van der Waals surface area (Å²) in [7, 11) is 0. The molecule has 0 aliphatic carbocycles. The van der Waals surface area contributed by atoms with E-state index in [4.69, 9.17) is 0 Å². The number of carbonyl (C=O) groups excluding carboxylic acids is 2. The molecule has 1 aliphatic heterocycles. The van der Waals surface area contributed by atoms with E-state index in [0.717, 1.165) is 15.9 Å². The first-order chi connectivity index (χ1) is 12.2. The van der Waals surface area contributed by atoms with Gasteiger partial charge in [0.05, 0.1) is 16.3 Å². The van der Waals surface area contributed by atoms with Gasteiger partial charge in [-0.2, -0.15) is 0 Å². The lowest BCUT2D eigenvalue weighted by Crippen LogP contribution is -2.39. The summed E-state index contributed by atoms with van der Waals surface area (Å²) >= 11 is 1.42. The number of anilines is 2. The maximum atomic E-state index is 12.2. The third kappa shape index (κ3) is 3.32. The number of rotatable bonds is 3. The average molecular weight is 352 g/mol. The quantitative estimate of drug-likeness (QED) is 0.760. The maximum Gasteiger partial charge on any atom is 0.321 e. The molecule has 7 heteroatoms. The molecule has 25 heavy (non-hydrogen) atoms. The number of nitrogens with one attached hydrogen (secondary N) is 2. The van der Waals surface area contributed by atoms with Gasteiger partial charge in [-0.15, -0.1) is 0 Å². The van der Waals surface area contributed by atoms with Crippen molar-refractivity contribution in [3.63, 3.8) is 0 Å². The first kappa shape index (κ1) is 15.6. The van der Waals surface area contributed by atoms with E-state index in [-0.39, 0.29) is 18.0 Å². The highest BCUT2D eigenvalue weighted by Crippen LogP contribution is 2.25. The highest BCUT2D eigenvalue weighted by Gasteiger charge is 2.31. The third-order valence-electron chi connectivity index (χ3n) is 4.04. The molecular formula is C18H16N4O2S. The lowest BCUT2D eigenvalue weighted by atomic mass is 10.2. The van der Waals surface area contributed by atoms with Crippen LogP contribution < -0.4 is 15.5 Å². The molecule has 2 heterocycles. The Labute approximate surface area is 148 Å². The van der Waals surface area contributed by atoms with Gasteiger partial charge in [-0.1, -0.05) is 41.7 Å². The van der Waals surface area contributed by atoms with Gasteiger partial charge in [-0.25, -0.2) is 9.78 Å². The zero-order valence-corrected chi connectivity index (χ0v) is 14.1. The normalized spacial score (nSPS) is 17.0. The lowest BCUT2D eigenvalue weighted by Gasteiger charge is -2.17. The van der Waals surface area contributed by atoms with Crippen molar-refractivity contribution in [2.24, 2.45) is 0 Å². The van der Waals surface area contributed by atoms with Crippen LogP contribution in [0, 0.1) is 0 Å². The topological polar surface area (TPSA) is 74.3 Å². The first-order valence-electron chi connectivity index (χ1n) is 7.97. The van der Waals surface area contributed by atoms with Crippen LogP contribution in [-0.2, 0) is 4.79 Å². The fourth-order valence-corrected chi connectivity index (χ4v) is 3.77. The van der Waals surface area contributed by atoms with Gasteiger partial charge in [-0.3, -0.25) is 10.1 Å². The van der Waals surface area contributed by atoms with Crippen LogP contribution >= 0.6 is 11.3 Å². The molecule has 1 aliphatic rings. The maximum absolute atomic E-state index is 12.2. The van der Waals surface area contributed by atoms with E-state index in [1.165, 1.54) is 11.3 Å². The van der Waals surface area contributed by atoms with Crippen molar-refractivity contribution < 1.29 is 9.59 Å². The Morgan fingerprint density at radius 2 is 1.88 bits per heavy atom. The van der Waals surface area contributed by atoms with Crippen LogP contribution in [0.4, 0.5) is 15.6 Å². The van der Waals surface area contributed by atoms with Crippen molar-refractivity contribution in [2.45, 2.75) is 12.5 Å². The second-order valence-electron chi connectivity index (χ2n) is 5.83. The molecule has 0 bridgehead atoms. The SMILES string of the molecule is O=C(Nc1nc2ccccc2s1)N[C@@H]1CC(=O)N(c2ccccc2)C1. The minimum atomic E-state index is -0.341. The Hall–Kier alpha value is -2.93. The number of para-hydroxylation sites is 2. The molecule has 126 valence electrons. The molecule has 1 fully saturated rings. The Bertz CT molecular complexity index is 892. The van der Waals surface area contributed by atoms with Gasteiger partial charge in [0.25, 0.3) is 0 Å². The monoisotopic (exact) mass is 352 g/mol. The molecule has 1 saturated heterocycles. The zero-order chi connectivity index (χ0) is 17.2. The highest BCUT2D eigenvalue weighted by atomic mass is 32.1. The van der Waals surface area contributed by atoms with E-state index >= 15 is 0 Å². The van der Waals surface area contributed by atoms with Gasteiger partial charge in [0.1, 0.15) is 0 Å². The molecule has 1 atom stereocenters. The summed E-state index contributed by atoms with van der Waals surface area (Å²) in [5.74, 6) is 0.0106. The molecular weight excluding hydrogens is 336 g/mol. The summed E-state index contributed by atoms with van der Waals surface area (Å²) in [5, 5.41) is 6.16. The van der Waals surface area contributed by atoms with Gasteiger partial charge in [-0.05, 0) is 24.3 Å². The predicted molar refractivity (Wildman–Crippen MR) is 99.0 cm³/mol. The van der Waals surface area contributed by atoms with Gasteiger partial charge < -0.3 is 10.2 Å². The lowest BCUT2D eigenvalue weighted by molar-refractivity contribution is -0.117. The number of hydrogen-bond donors (Lipinski definition) is 2. The van der Waals surface area contributed by atoms with Gasteiger partial charge in [0.15, 0.2) is 5.13 Å². The van der Waals surface area contributed by atoms with Gasteiger partial charge in [0.2, 0.25) is 5.91 Å². The molecule has 0 radical (unpaired) electrons. The van der Waals surface area contributed by atoms with Crippen molar-refractivity contribution in [3.8, 4) is 0 Å². The summed E-state index contributed by atoms with van der Waals surface area (Å²) in [4.78, 5) is 30.5. The van der Waals surface area contributed by atoms with Crippen molar-refractivity contribution in [1.29, 1.82) is 0 Å². The number of urea groups is 1.